The fourth-order valence-electron chi connectivity index (χ4n) is 3.79. The van der Waals surface area contributed by atoms with Crippen molar-refractivity contribution >= 4 is 29.4 Å². The van der Waals surface area contributed by atoms with Gasteiger partial charge in [0.1, 0.15) is 0 Å². The number of imide groups is 1. The van der Waals surface area contributed by atoms with Gasteiger partial charge in [0, 0.05) is 18.8 Å². The van der Waals surface area contributed by atoms with Crippen molar-refractivity contribution in [1.29, 1.82) is 0 Å². The largest absolute Gasteiger partial charge is 0.452 e. The fraction of sp³-hybridized carbons (Fsp3) is 0.217. The minimum Gasteiger partial charge on any atom is -0.452 e. The average Bonchev–Trinajstić information content (AvgIpc) is 3.01. The number of anilines is 1. The van der Waals surface area contributed by atoms with E-state index in [1.807, 2.05) is 24.3 Å². The van der Waals surface area contributed by atoms with Crippen molar-refractivity contribution in [3.63, 3.8) is 0 Å². The molecule has 0 fully saturated rings. The van der Waals surface area contributed by atoms with Crippen molar-refractivity contribution in [2.24, 2.45) is 0 Å². The zero-order chi connectivity index (χ0) is 21.3. The lowest BCUT2D eigenvalue weighted by molar-refractivity contribution is -0.121. The Balaban J connectivity index is 1.45. The smallest absolute Gasteiger partial charge is 0.338 e. The van der Waals surface area contributed by atoms with Gasteiger partial charge in [-0.25, -0.2) is 4.79 Å². The third-order valence-electron chi connectivity index (χ3n) is 5.26. The maximum absolute atomic E-state index is 12.6. The lowest BCUT2D eigenvalue weighted by Gasteiger charge is -2.29. The molecule has 2 aliphatic heterocycles. The van der Waals surface area contributed by atoms with Crippen LogP contribution < -0.4 is 4.90 Å². The van der Waals surface area contributed by atoms with Gasteiger partial charge in [-0.3, -0.25) is 19.3 Å². The molecule has 0 saturated heterocycles. The van der Waals surface area contributed by atoms with Crippen molar-refractivity contribution < 1.29 is 23.9 Å². The number of para-hydroxylation sites is 1. The summed E-state index contributed by atoms with van der Waals surface area (Å²) in [5, 5.41) is 0. The normalized spacial score (nSPS) is 14.9. The van der Waals surface area contributed by atoms with Crippen molar-refractivity contribution in [3.05, 3.63) is 77.4 Å². The Morgan fingerprint density at radius 3 is 2.63 bits per heavy atom. The van der Waals surface area contributed by atoms with Crippen LogP contribution in [0.3, 0.4) is 0 Å². The van der Waals surface area contributed by atoms with Gasteiger partial charge in [-0.1, -0.05) is 24.3 Å². The van der Waals surface area contributed by atoms with Gasteiger partial charge in [-0.15, -0.1) is 6.58 Å². The monoisotopic (exact) mass is 404 g/mol. The first-order chi connectivity index (χ1) is 14.5. The Morgan fingerprint density at radius 2 is 1.83 bits per heavy atom. The molecule has 2 aromatic carbocycles. The maximum atomic E-state index is 12.6. The first-order valence-corrected chi connectivity index (χ1v) is 9.68. The minimum absolute atomic E-state index is 0.0952. The van der Waals surface area contributed by atoms with Gasteiger partial charge in [-0.2, -0.15) is 0 Å². The predicted molar refractivity (Wildman–Crippen MR) is 109 cm³/mol. The van der Waals surface area contributed by atoms with E-state index in [4.69, 9.17) is 4.74 Å². The summed E-state index contributed by atoms with van der Waals surface area (Å²) < 4.78 is 5.20. The van der Waals surface area contributed by atoms with Crippen molar-refractivity contribution in [1.82, 2.24) is 4.90 Å². The number of fused-ring (bicyclic) bond motifs is 2. The molecule has 0 bridgehead atoms. The third-order valence-corrected chi connectivity index (χ3v) is 5.26. The quantitative estimate of drug-likeness (QED) is 0.435. The number of amides is 3. The molecule has 0 radical (unpaired) electrons. The molecule has 0 aliphatic carbocycles. The number of rotatable bonds is 5. The summed E-state index contributed by atoms with van der Waals surface area (Å²) in [5.41, 5.74) is 2.43. The van der Waals surface area contributed by atoms with E-state index in [2.05, 4.69) is 6.58 Å². The standard InChI is InChI=1S/C23H20N2O5/c1-2-11-25-21(27)17-10-9-16(13-18(17)22(25)28)23(29)30-14-20(26)24-12-5-7-15-6-3-4-8-19(15)24/h2-4,6,8-10,13H,1,5,7,11-12,14H2. The van der Waals surface area contributed by atoms with Gasteiger partial charge in [0.2, 0.25) is 0 Å². The zero-order valence-electron chi connectivity index (χ0n) is 16.3. The summed E-state index contributed by atoms with van der Waals surface area (Å²) in [6.07, 6.45) is 3.21. The molecule has 0 atom stereocenters. The minimum atomic E-state index is -0.723. The van der Waals surface area contributed by atoms with Crippen molar-refractivity contribution in [3.8, 4) is 0 Å². The van der Waals surface area contributed by atoms with E-state index in [1.165, 1.54) is 24.3 Å². The highest BCUT2D eigenvalue weighted by Gasteiger charge is 2.35. The Morgan fingerprint density at radius 1 is 1.07 bits per heavy atom. The van der Waals surface area contributed by atoms with Gasteiger partial charge in [0.25, 0.3) is 17.7 Å². The topological polar surface area (TPSA) is 84.0 Å². The van der Waals surface area contributed by atoms with Crippen LogP contribution in [0.15, 0.2) is 55.1 Å². The molecule has 0 saturated carbocycles. The second-order valence-electron chi connectivity index (χ2n) is 7.12. The summed E-state index contributed by atoms with van der Waals surface area (Å²) in [7, 11) is 0. The molecular weight excluding hydrogens is 384 g/mol. The molecule has 2 aromatic rings. The summed E-state index contributed by atoms with van der Waals surface area (Å²) >= 11 is 0. The van der Waals surface area contributed by atoms with Crippen LogP contribution in [-0.2, 0) is 16.0 Å². The molecule has 3 amide bonds. The Labute approximate surface area is 173 Å². The van der Waals surface area contributed by atoms with E-state index in [1.54, 1.807) is 4.90 Å². The zero-order valence-corrected chi connectivity index (χ0v) is 16.3. The SMILES string of the molecule is C=CCN1C(=O)c2ccc(C(=O)OCC(=O)N3CCCc4ccccc43)cc2C1=O. The van der Waals surface area contributed by atoms with Gasteiger partial charge >= 0.3 is 5.97 Å². The van der Waals surface area contributed by atoms with Crippen LogP contribution >= 0.6 is 0 Å². The number of hydrogen-bond donors (Lipinski definition) is 0. The first kappa shape index (κ1) is 19.6. The Bertz CT molecular complexity index is 1080. The second kappa shape index (κ2) is 7.94. The number of aryl methyl sites for hydroxylation is 1. The Hall–Kier alpha value is -3.74. The van der Waals surface area contributed by atoms with E-state index in [0.717, 1.165) is 29.0 Å². The molecule has 0 spiro atoms. The van der Waals surface area contributed by atoms with Crippen LogP contribution in [0, 0.1) is 0 Å². The van der Waals surface area contributed by atoms with Crippen LogP contribution in [0.25, 0.3) is 0 Å². The molecule has 152 valence electrons. The molecule has 0 N–H and O–H groups in total. The summed E-state index contributed by atoms with van der Waals surface area (Å²) in [6, 6.07) is 11.9. The maximum Gasteiger partial charge on any atom is 0.338 e. The molecule has 7 heteroatoms. The number of carbonyl (C=O) groups is 4. The van der Waals surface area contributed by atoms with E-state index in [-0.39, 0.29) is 29.1 Å². The number of hydrogen-bond acceptors (Lipinski definition) is 5. The van der Waals surface area contributed by atoms with Crippen LogP contribution in [0.5, 0.6) is 0 Å². The lowest BCUT2D eigenvalue weighted by Crippen LogP contribution is -2.38. The van der Waals surface area contributed by atoms with Crippen LogP contribution in [0.2, 0.25) is 0 Å². The van der Waals surface area contributed by atoms with Crippen LogP contribution in [-0.4, -0.2) is 48.3 Å². The molecule has 30 heavy (non-hydrogen) atoms. The Kier molecular flexibility index (Phi) is 5.18. The number of ether oxygens (including phenoxy) is 1. The number of benzene rings is 2. The fourth-order valence-corrected chi connectivity index (χ4v) is 3.79. The number of esters is 1. The van der Waals surface area contributed by atoms with Gasteiger partial charge in [-0.05, 0) is 42.7 Å². The summed E-state index contributed by atoms with van der Waals surface area (Å²) in [5.74, 6) is -1.93. The van der Waals surface area contributed by atoms with E-state index >= 15 is 0 Å². The molecule has 0 unspecified atom stereocenters. The van der Waals surface area contributed by atoms with Gasteiger partial charge in [0.15, 0.2) is 6.61 Å². The third kappa shape index (κ3) is 3.39. The lowest BCUT2D eigenvalue weighted by atomic mass is 10.0. The van der Waals surface area contributed by atoms with E-state index < -0.39 is 24.4 Å². The molecule has 0 aromatic heterocycles. The highest BCUT2D eigenvalue weighted by Crippen LogP contribution is 2.27. The van der Waals surface area contributed by atoms with E-state index in [9.17, 15) is 19.2 Å². The highest BCUT2D eigenvalue weighted by atomic mass is 16.5. The molecule has 2 heterocycles. The molecule has 2 aliphatic rings. The second-order valence-corrected chi connectivity index (χ2v) is 7.12. The predicted octanol–water partition coefficient (Wildman–Crippen LogP) is 2.60. The van der Waals surface area contributed by atoms with Gasteiger partial charge < -0.3 is 9.64 Å². The average molecular weight is 404 g/mol. The van der Waals surface area contributed by atoms with Crippen LogP contribution in [0.1, 0.15) is 43.1 Å². The summed E-state index contributed by atoms with van der Waals surface area (Å²) in [6.45, 7) is 3.80. The van der Waals surface area contributed by atoms with E-state index in [0.29, 0.717) is 6.54 Å². The van der Waals surface area contributed by atoms with Gasteiger partial charge in [0.05, 0.1) is 16.7 Å². The molecular formula is C23H20N2O5. The van der Waals surface area contributed by atoms with Crippen LogP contribution in [0.4, 0.5) is 5.69 Å². The number of nitrogens with zero attached hydrogens (tertiary/aromatic N) is 2. The highest BCUT2D eigenvalue weighted by molar-refractivity contribution is 6.22. The molecule has 4 rings (SSSR count). The number of carbonyl (C=O) groups excluding carboxylic acids is 4. The molecule has 7 nitrogen and oxygen atoms in total. The van der Waals surface area contributed by atoms with Crippen molar-refractivity contribution in [2.75, 3.05) is 24.6 Å². The van der Waals surface area contributed by atoms with Crippen molar-refractivity contribution in [2.45, 2.75) is 12.8 Å². The summed E-state index contributed by atoms with van der Waals surface area (Å²) in [4.78, 5) is 52.4. The first-order valence-electron chi connectivity index (χ1n) is 9.68.